The van der Waals surface area contributed by atoms with Gasteiger partial charge in [-0.05, 0) is 46.9 Å². The molecule has 0 amide bonds. The fourth-order valence-electron chi connectivity index (χ4n) is 1.32. The molecule has 0 aliphatic heterocycles. The Labute approximate surface area is 114 Å². The molecule has 1 aromatic heterocycles. The monoisotopic (exact) mass is 367 g/mol. The van der Waals surface area contributed by atoms with E-state index in [2.05, 4.69) is 4.98 Å². The zero-order valence-electron chi connectivity index (χ0n) is 8.22. The lowest BCUT2D eigenvalue weighted by Crippen LogP contribution is -1.91. The molecule has 0 atom stereocenters. The Bertz CT molecular complexity index is 592. The maximum atomic E-state index is 13.1. The van der Waals surface area contributed by atoms with Gasteiger partial charge in [0, 0.05) is 5.56 Å². The molecule has 0 spiro atoms. The number of pyridine rings is 1. The average molecular weight is 368 g/mol. The minimum atomic E-state index is -1.00. The molecule has 6 heteroatoms. The highest BCUT2D eigenvalue weighted by atomic mass is 127. The predicted octanol–water partition coefficient (Wildman–Crippen LogP) is 3.99. The fraction of sp³-hybridized carbons (Fsp3) is 0. The Morgan fingerprint density at radius 3 is 2.53 bits per heavy atom. The number of hydrogen-bond donors (Lipinski definition) is 1. The van der Waals surface area contributed by atoms with E-state index in [9.17, 15) is 13.9 Å². The Hall–Kier alpha value is -0.950. The van der Waals surface area contributed by atoms with Crippen LogP contribution in [0.25, 0.3) is 11.3 Å². The van der Waals surface area contributed by atoms with Crippen LogP contribution in [0.4, 0.5) is 8.78 Å². The summed E-state index contributed by atoms with van der Waals surface area (Å²) in [6.45, 7) is 0. The van der Waals surface area contributed by atoms with Crippen LogP contribution in [-0.4, -0.2) is 10.1 Å². The van der Waals surface area contributed by atoms with Gasteiger partial charge in [0.2, 0.25) is 0 Å². The number of halogens is 4. The number of hydrogen-bond acceptors (Lipinski definition) is 2. The summed E-state index contributed by atoms with van der Waals surface area (Å²) in [6.07, 6.45) is 0. The maximum Gasteiger partial charge on any atom is 0.159 e. The lowest BCUT2D eigenvalue weighted by Gasteiger charge is -2.06. The van der Waals surface area contributed by atoms with Crippen molar-refractivity contribution in [2.24, 2.45) is 0 Å². The molecule has 0 unspecified atom stereocenters. The zero-order valence-corrected chi connectivity index (χ0v) is 11.1. The summed E-state index contributed by atoms with van der Waals surface area (Å²) < 4.78 is 26.4. The molecule has 1 aromatic carbocycles. The summed E-state index contributed by atoms with van der Waals surface area (Å²) in [6, 6.07) is 4.73. The lowest BCUT2D eigenvalue weighted by molar-refractivity contribution is 0.471. The lowest BCUT2D eigenvalue weighted by atomic mass is 10.1. The first-order valence-corrected chi connectivity index (χ1v) is 5.95. The van der Waals surface area contributed by atoms with Crippen LogP contribution in [-0.2, 0) is 0 Å². The van der Waals surface area contributed by atoms with Gasteiger partial charge in [-0.3, -0.25) is 0 Å². The smallest absolute Gasteiger partial charge is 0.159 e. The number of aromatic nitrogens is 1. The molecule has 2 nitrogen and oxygen atoms in total. The molecule has 0 aliphatic carbocycles. The Balaban J connectivity index is 2.64. The van der Waals surface area contributed by atoms with Crippen molar-refractivity contribution in [1.29, 1.82) is 0 Å². The first-order chi connectivity index (χ1) is 7.99. The number of rotatable bonds is 1. The normalized spacial score (nSPS) is 10.6. The highest BCUT2D eigenvalue weighted by molar-refractivity contribution is 14.1. The van der Waals surface area contributed by atoms with E-state index in [4.69, 9.17) is 11.6 Å². The van der Waals surface area contributed by atoms with Gasteiger partial charge in [-0.2, -0.15) is 0 Å². The molecule has 0 saturated carbocycles. The molecule has 1 N–H and O–H groups in total. The van der Waals surface area contributed by atoms with E-state index in [1.54, 1.807) is 0 Å². The molecule has 88 valence electrons. The van der Waals surface area contributed by atoms with Crippen molar-refractivity contribution in [3.05, 3.63) is 44.6 Å². The van der Waals surface area contributed by atoms with Crippen LogP contribution in [0.1, 0.15) is 0 Å². The van der Waals surface area contributed by atoms with Gasteiger partial charge in [-0.25, -0.2) is 13.8 Å². The van der Waals surface area contributed by atoms with Gasteiger partial charge in [-0.15, -0.1) is 0 Å². The van der Waals surface area contributed by atoms with Crippen molar-refractivity contribution in [2.45, 2.75) is 0 Å². The van der Waals surface area contributed by atoms with Gasteiger partial charge in [-0.1, -0.05) is 11.6 Å². The Morgan fingerprint density at radius 2 is 1.88 bits per heavy atom. The summed E-state index contributed by atoms with van der Waals surface area (Å²) in [5, 5.41) is 9.96. The van der Waals surface area contributed by atoms with Crippen LogP contribution < -0.4 is 0 Å². The van der Waals surface area contributed by atoms with Crippen molar-refractivity contribution in [3.63, 3.8) is 0 Å². The highest BCUT2D eigenvalue weighted by Crippen LogP contribution is 2.33. The van der Waals surface area contributed by atoms with Crippen molar-refractivity contribution < 1.29 is 13.9 Å². The SMILES string of the molecule is Oc1c(I)cc(Cl)nc1-c1ccc(F)c(F)c1. The molecular weight excluding hydrogens is 362 g/mol. The Kier molecular flexibility index (Phi) is 3.48. The number of aromatic hydroxyl groups is 1. The fourth-order valence-corrected chi connectivity index (χ4v) is 2.25. The summed E-state index contributed by atoms with van der Waals surface area (Å²) in [5.74, 6) is -2.07. The van der Waals surface area contributed by atoms with Crippen molar-refractivity contribution in [2.75, 3.05) is 0 Å². The largest absolute Gasteiger partial charge is 0.505 e. The Morgan fingerprint density at radius 1 is 1.18 bits per heavy atom. The summed E-state index contributed by atoms with van der Waals surface area (Å²) in [4.78, 5) is 3.90. The third-order valence-electron chi connectivity index (χ3n) is 2.11. The number of benzene rings is 1. The van der Waals surface area contributed by atoms with E-state index in [-0.39, 0.29) is 22.2 Å². The van der Waals surface area contributed by atoms with E-state index in [1.807, 2.05) is 22.6 Å². The van der Waals surface area contributed by atoms with E-state index in [0.29, 0.717) is 3.57 Å². The van der Waals surface area contributed by atoms with Gasteiger partial charge >= 0.3 is 0 Å². The second-order valence-electron chi connectivity index (χ2n) is 3.25. The van der Waals surface area contributed by atoms with E-state index in [0.717, 1.165) is 12.1 Å². The molecule has 2 aromatic rings. The zero-order chi connectivity index (χ0) is 12.6. The van der Waals surface area contributed by atoms with Crippen molar-refractivity contribution in [1.82, 2.24) is 4.98 Å². The third-order valence-corrected chi connectivity index (χ3v) is 3.12. The van der Waals surface area contributed by atoms with Crippen LogP contribution in [0, 0.1) is 15.2 Å². The van der Waals surface area contributed by atoms with Crippen molar-refractivity contribution in [3.8, 4) is 17.0 Å². The van der Waals surface area contributed by atoms with Crippen LogP contribution in [0.5, 0.6) is 5.75 Å². The van der Waals surface area contributed by atoms with Crippen LogP contribution >= 0.6 is 34.2 Å². The van der Waals surface area contributed by atoms with E-state index < -0.39 is 11.6 Å². The standard InChI is InChI=1S/C11H5ClF2INO/c12-9-4-8(15)11(17)10(16-9)5-1-2-6(13)7(14)3-5/h1-4,17H. The maximum absolute atomic E-state index is 13.1. The van der Waals surface area contributed by atoms with Gasteiger partial charge < -0.3 is 5.11 Å². The minimum Gasteiger partial charge on any atom is -0.505 e. The minimum absolute atomic E-state index is 0.110. The first-order valence-electron chi connectivity index (χ1n) is 4.49. The quantitative estimate of drug-likeness (QED) is 0.611. The van der Waals surface area contributed by atoms with Gasteiger partial charge in [0.25, 0.3) is 0 Å². The summed E-state index contributed by atoms with van der Waals surface area (Å²) in [7, 11) is 0. The molecule has 0 aliphatic rings. The highest BCUT2D eigenvalue weighted by Gasteiger charge is 2.13. The molecule has 0 bridgehead atoms. The molecule has 1 heterocycles. The molecule has 0 radical (unpaired) electrons. The van der Waals surface area contributed by atoms with E-state index in [1.165, 1.54) is 12.1 Å². The van der Waals surface area contributed by atoms with Gasteiger partial charge in [0.15, 0.2) is 17.4 Å². The van der Waals surface area contributed by atoms with Gasteiger partial charge in [0.05, 0.1) is 3.57 Å². The van der Waals surface area contributed by atoms with E-state index >= 15 is 0 Å². The van der Waals surface area contributed by atoms with Crippen LogP contribution in [0.2, 0.25) is 5.15 Å². The van der Waals surface area contributed by atoms with Gasteiger partial charge in [0.1, 0.15) is 10.8 Å². The van der Waals surface area contributed by atoms with Crippen LogP contribution in [0.3, 0.4) is 0 Å². The predicted molar refractivity (Wildman–Crippen MR) is 69.0 cm³/mol. The molecule has 2 rings (SSSR count). The first kappa shape index (κ1) is 12.5. The summed E-state index contributed by atoms with van der Waals surface area (Å²) in [5.41, 5.74) is 0.391. The van der Waals surface area contributed by atoms with Crippen LogP contribution in [0.15, 0.2) is 24.3 Å². The average Bonchev–Trinajstić information content (AvgIpc) is 2.27. The molecule has 17 heavy (non-hydrogen) atoms. The second kappa shape index (κ2) is 4.73. The molecular formula is C11H5ClF2INO. The summed E-state index contributed by atoms with van der Waals surface area (Å²) >= 11 is 7.62. The molecule has 0 fully saturated rings. The van der Waals surface area contributed by atoms with Crippen molar-refractivity contribution >= 4 is 34.2 Å². The third kappa shape index (κ3) is 2.50. The second-order valence-corrected chi connectivity index (χ2v) is 4.80. The molecule has 0 saturated heterocycles. The topological polar surface area (TPSA) is 33.1 Å². The number of nitrogens with zero attached hydrogens (tertiary/aromatic N) is 1.